The molecule has 0 heteroatoms. The predicted octanol–water partition coefficient (Wildman–Crippen LogP) is 3.96. The van der Waals surface area contributed by atoms with Gasteiger partial charge in [0.1, 0.15) is 0 Å². The maximum absolute atomic E-state index is 5.00. The van der Waals surface area contributed by atoms with Crippen molar-refractivity contribution >= 4 is 0 Å². The van der Waals surface area contributed by atoms with Crippen molar-refractivity contribution in [3.8, 4) is 0 Å². The number of rotatable bonds is 0. The van der Waals surface area contributed by atoms with Gasteiger partial charge in [0.15, 0.2) is 0 Å². The Balaban J connectivity index is -0.000000124. The van der Waals surface area contributed by atoms with Crippen molar-refractivity contribution in [2.24, 2.45) is 5.92 Å². The molecule has 0 aromatic heterocycles. The Morgan fingerprint density at radius 3 is 2.91 bits per heavy atom. The highest BCUT2D eigenvalue weighted by molar-refractivity contribution is 5.35. The first-order valence-electron chi connectivity index (χ1n) is 8.34. The lowest BCUT2D eigenvalue weighted by Crippen LogP contribution is -1.89. The van der Waals surface area contributed by atoms with Gasteiger partial charge in [-0.2, -0.15) is 0 Å². The van der Waals surface area contributed by atoms with Crippen molar-refractivity contribution in [3.05, 3.63) is 34.9 Å². The first kappa shape index (κ1) is 3.75. The zero-order valence-electron chi connectivity index (χ0n) is 15.2. The molecule has 11 heavy (non-hydrogen) atoms. The van der Waals surface area contributed by atoms with E-state index in [9.17, 15) is 0 Å². The molecule has 1 unspecified atom stereocenters. The summed E-state index contributed by atoms with van der Waals surface area (Å²) in [6.45, 7) is 4.50. The van der Waals surface area contributed by atoms with Crippen LogP contribution in [0.15, 0.2) is 18.2 Å². The van der Waals surface area contributed by atoms with E-state index in [0.717, 1.165) is 5.92 Å². The average Bonchev–Trinajstić information content (AvgIpc) is 2.87. The summed E-state index contributed by atoms with van der Waals surface area (Å²) in [5.41, 5.74) is 4.55. The maximum Gasteiger partial charge on any atom is 0 e. The third-order valence-electron chi connectivity index (χ3n) is 2.50. The summed E-state index contributed by atoms with van der Waals surface area (Å²) in [6, 6.07) is 6.84. The summed E-state index contributed by atoms with van der Waals surface area (Å²) in [5.74, 6) is 0.867. The zero-order chi connectivity index (χ0) is 15.8. The smallest absolute Gasteiger partial charge is 0 e. The summed E-state index contributed by atoms with van der Waals surface area (Å²) in [5, 5.41) is 0. The van der Waals surface area contributed by atoms with E-state index in [-0.39, 0.29) is 1.43 Å². The highest BCUT2D eigenvalue weighted by atomic mass is 14.2. The van der Waals surface area contributed by atoms with Gasteiger partial charge in [0, 0.05) is 13.3 Å². The van der Waals surface area contributed by atoms with Gasteiger partial charge in [0.25, 0.3) is 0 Å². The van der Waals surface area contributed by atoms with Crippen molar-refractivity contribution in [2.75, 3.05) is 0 Å². The molecule has 1 aliphatic rings. The predicted molar refractivity (Wildman–Crippen MR) is 58.3 cm³/mol. The second kappa shape index (κ2) is 2.37. The molecule has 0 N–H and O–H groups in total. The van der Waals surface area contributed by atoms with Gasteiger partial charge in [-0.05, 0) is 36.8 Å². The Morgan fingerprint density at radius 1 is 1.36 bits per heavy atom. The number of aryl methyl sites for hydroxylation is 1. The Hall–Kier alpha value is -0.780. The summed E-state index contributed by atoms with van der Waals surface area (Å²) >= 11 is 0. The van der Waals surface area contributed by atoms with E-state index in [1.807, 2.05) is 0 Å². The molecule has 0 aliphatic heterocycles. The fourth-order valence-electron chi connectivity index (χ4n) is 1.97. The molecule has 0 nitrogen and oxygen atoms in total. The maximum atomic E-state index is 5.00. The molecule has 2 rings (SSSR count). The highest BCUT2D eigenvalue weighted by Gasteiger charge is 2.16. The van der Waals surface area contributed by atoms with Crippen LogP contribution in [0.3, 0.4) is 0 Å². The standard InChI is InChI=1S/C11H14.5H2/c1-8-3-4-10-6-9(2)7-11(10)5-8;;;;;/h3-5,9H,6-7H2,1-2H3;5*1H/i;4*1+1D;1+1. The third-order valence-corrected chi connectivity index (χ3v) is 2.50. The van der Waals surface area contributed by atoms with Gasteiger partial charge in [-0.25, -0.2) is 0 Å². The van der Waals surface area contributed by atoms with Gasteiger partial charge in [-0.1, -0.05) is 30.7 Å². The Labute approximate surface area is 82.1 Å². The monoisotopic (exact) mass is 165 g/mol. The number of hydrogen-bond acceptors (Lipinski definition) is 0. The molecule has 0 saturated heterocycles. The topological polar surface area (TPSA) is 0 Å². The van der Waals surface area contributed by atoms with E-state index in [1.165, 1.54) is 18.4 Å². The van der Waals surface area contributed by atoms with Crippen LogP contribution in [0.5, 0.6) is 0 Å². The van der Waals surface area contributed by atoms with Crippen LogP contribution >= 0.6 is 0 Å². The summed E-state index contributed by atoms with van der Waals surface area (Å²) in [7, 11) is 0. The van der Waals surface area contributed by atoms with Gasteiger partial charge in [-0.3, -0.25) is 0 Å². The molecule has 0 saturated carbocycles. The number of hydrogen-bond donors (Lipinski definition) is 0. The Morgan fingerprint density at radius 2 is 2.09 bits per heavy atom. The van der Waals surface area contributed by atoms with E-state index < -0.39 is 0 Å². The molecule has 0 amide bonds. The van der Waals surface area contributed by atoms with Crippen molar-refractivity contribution in [1.29, 1.82) is 0 Å². The average molecular weight is 165 g/mol. The lowest BCUT2D eigenvalue weighted by molar-refractivity contribution is 0.628. The van der Waals surface area contributed by atoms with Gasteiger partial charge in [0.05, 0.1) is 0 Å². The van der Waals surface area contributed by atoms with Crippen LogP contribution in [0.4, 0.5) is 0 Å². The second-order valence-electron chi connectivity index (χ2n) is 3.79. The SMILES string of the molecule is Cc1ccc2c(c1)CC(C)C2.[2HH].[2H][2H].[2H][2H].[2H][2H].[2H][2H]. The van der Waals surface area contributed by atoms with Crippen LogP contribution in [0.1, 0.15) is 36.9 Å². The van der Waals surface area contributed by atoms with Crippen LogP contribution in [-0.4, -0.2) is 0 Å². The molecule has 1 aliphatic carbocycles. The van der Waals surface area contributed by atoms with Crippen LogP contribution in [-0.2, 0) is 12.8 Å². The lowest BCUT2D eigenvalue weighted by Gasteiger charge is -1.98. The molecule has 0 bridgehead atoms. The summed E-state index contributed by atoms with van der Waals surface area (Å²) in [4.78, 5) is 0. The van der Waals surface area contributed by atoms with Gasteiger partial charge >= 0.3 is 0 Å². The lowest BCUT2D eigenvalue weighted by atomic mass is 10.1. The van der Waals surface area contributed by atoms with E-state index in [4.69, 9.17) is 11.9 Å². The first-order chi connectivity index (χ1) is 9.25. The molecule has 0 heterocycles. The Bertz CT molecular complexity index is 293. The minimum atomic E-state index is 0. The first-order valence-corrected chi connectivity index (χ1v) is 4.34. The van der Waals surface area contributed by atoms with E-state index in [2.05, 4.69) is 32.0 Å². The van der Waals surface area contributed by atoms with Crippen LogP contribution in [0.2, 0.25) is 0 Å². The molecule has 1 atom stereocenters. The molecule has 1 aromatic rings. The molecule has 0 fully saturated rings. The number of fused-ring (bicyclic) bond motifs is 1. The second-order valence-corrected chi connectivity index (χ2v) is 3.79. The zero-order valence-corrected chi connectivity index (χ0v) is 7.22. The van der Waals surface area contributed by atoms with Crippen molar-refractivity contribution in [2.45, 2.75) is 26.7 Å². The Kier molecular flexibility index (Phi) is 0.807. The molecule has 0 radical (unpaired) electrons. The normalized spacial score (nSPS) is 24.7. The summed E-state index contributed by atoms with van der Waals surface area (Å²) < 4.78 is 40.0. The minimum Gasteiger partial charge on any atom is -0.0619 e. The fraction of sp³-hybridized carbons (Fsp3) is 0.455. The highest BCUT2D eigenvalue weighted by Crippen LogP contribution is 2.26. The van der Waals surface area contributed by atoms with E-state index in [1.54, 1.807) is 11.1 Å². The van der Waals surface area contributed by atoms with Crippen LogP contribution < -0.4 is 0 Å². The fourth-order valence-corrected chi connectivity index (χ4v) is 1.97. The molecule has 68 valence electrons. The molecular formula is C11H24. The van der Waals surface area contributed by atoms with Crippen LogP contribution in [0, 0.1) is 12.8 Å². The van der Waals surface area contributed by atoms with Gasteiger partial charge < -0.3 is 0 Å². The molecule has 1 aromatic carbocycles. The van der Waals surface area contributed by atoms with Crippen LogP contribution in [0.25, 0.3) is 0 Å². The minimum absolute atomic E-state index is 0. The van der Waals surface area contributed by atoms with Crippen molar-refractivity contribution < 1.29 is 13.3 Å². The largest absolute Gasteiger partial charge is 0.0619 e. The summed E-state index contributed by atoms with van der Waals surface area (Å²) in [6.07, 6.45) is 2.58. The van der Waals surface area contributed by atoms with Crippen molar-refractivity contribution in [3.63, 3.8) is 0 Å². The van der Waals surface area contributed by atoms with E-state index in [0.29, 0.717) is 0 Å². The van der Waals surface area contributed by atoms with Crippen molar-refractivity contribution in [1.82, 2.24) is 0 Å². The van der Waals surface area contributed by atoms with Gasteiger partial charge in [-0.15, -0.1) is 0 Å². The molecular weight excluding hydrogens is 132 g/mol. The third kappa shape index (κ3) is 1.18. The number of benzene rings is 1. The van der Waals surface area contributed by atoms with E-state index >= 15 is 0 Å². The molecule has 0 spiro atoms. The van der Waals surface area contributed by atoms with Gasteiger partial charge in [0.2, 0.25) is 0 Å². The quantitative estimate of drug-likeness (QED) is 0.546.